The van der Waals surface area contributed by atoms with Gasteiger partial charge in [0.05, 0.1) is 29.5 Å². The highest BCUT2D eigenvalue weighted by molar-refractivity contribution is 7.89. The number of ether oxygens (including phenoxy) is 1. The van der Waals surface area contributed by atoms with Crippen LogP contribution >= 0.6 is 11.3 Å². The first-order valence-corrected chi connectivity index (χ1v) is 15.4. The first-order valence-electron chi connectivity index (χ1n) is 13.1. The predicted molar refractivity (Wildman–Crippen MR) is 148 cm³/mol. The van der Waals surface area contributed by atoms with Gasteiger partial charge in [0.1, 0.15) is 0 Å². The molecule has 3 aromatic rings. The fourth-order valence-corrected chi connectivity index (χ4v) is 7.99. The second-order valence-electron chi connectivity index (χ2n) is 10.3. The SMILES string of the molecule is C[C@@H]1C[C@H](C)CN(S(=O)(=O)c2cccc(-c3csc(=Nc4ccccc4)n3CCN3CCOCC3)c2)C1. The van der Waals surface area contributed by atoms with Gasteiger partial charge in [-0.3, -0.25) is 4.90 Å². The number of nitrogens with zero attached hydrogens (tertiary/aromatic N) is 4. The molecule has 2 aliphatic rings. The van der Waals surface area contributed by atoms with E-state index in [2.05, 4.69) is 28.7 Å². The molecular weight excluding hydrogens is 504 g/mol. The lowest BCUT2D eigenvalue weighted by molar-refractivity contribution is 0.0363. The van der Waals surface area contributed by atoms with Crippen molar-refractivity contribution in [3.05, 3.63) is 64.8 Å². The van der Waals surface area contributed by atoms with Crippen LogP contribution in [0.4, 0.5) is 5.69 Å². The zero-order chi connectivity index (χ0) is 25.8. The maximum absolute atomic E-state index is 13.6. The Kier molecular flexibility index (Phi) is 8.26. The summed E-state index contributed by atoms with van der Waals surface area (Å²) in [5.74, 6) is 0.728. The molecule has 3 heterocycles. The number of hydrogen-bond donors (Lipinski definition) is 0. The molecule has 0 unspecified atom stereocenters. The minimum atomic E-state index is -3.56. The largest absolute Gasteiger partial charge is 0.379 e. The quantitative estimate of drug-likeness (QED) is 0.444. The Morgan fingerprint density at radius 1 is 0.973 bits per heavy atom. The monoisotopic (exact) mass is 540 g/mol. The molecule has 0 bridgehead atoms. The fraction of sp³-hybridized carbons (Fsp3) is 0.464. The van der Waals surface area contributed by atoms with E-state index < -0.39 is 10.0 Å². The Morgan fingerprint density at radius 3 is 2.43 bits per heavy atom. The van der Waals surface area contributed by atoms with Crippen molar-refractivity contribution in [1.29, 1.82) is 0 Å². The van der Waals surface area contributed by atoms with Gasteiger partial charge in [-0.2, -0.15) is 4.31 Å². The average Bonchev–Trinajstić information content (AvgIpc) is 3.30. The van der Waals surface area contributed by atoms with E-state index in [1.807, 2.05) is 48.5 Å². The number of hydrogen-bond acceptors (Lipinski definition) is 6. The number of thiazole rings is 1. The van der Waals surface area contributed by atoms with Crippen LogP contribution in [-0.4, -0.2) is 68.1 Å². The Bertz CT molecular complexity index is 1350. The molecule has 0 amide bonds. The van der Waals surface area contributed by atoms with Crippen molar-refractivity contribution in [3.8, 4) is 11.3 Å². The summed E-state index contributed by atoms with van der Waals surface area (Å²) in [6, 6.07) is 17.4. The topological polar surface area (TPSA) is 67.1 Å². The van der Waals surface area contributed by atoms with Gasteiger partial charge in [0.25, 0.3) is 0 Å². The molecular formula is C28H36N4O3S2. The molecule has 1 aromatic heterocycles. The van der Waals surface area contributed by atoms with Gasteiger partial charge in [0, 0.05) is 50.2 Å². The van der Waals surface area contributed by atoms with E-state index in [0.29, 0.717) is 29.8 Å². The minimum absolute atomic E-state index is 0.360. The van der Waals surface area contributed by atoms with Gasteiger partial charge in [-0.1, -0.05) is 44.2 Å². The van der Waals surface area contributed by atoms with Crippen LogP contribution in [0, 0.1) is 11.8 Å². The number of piperidine rings is 1. The number of rotatable bonds is 7. The molecule has 0 aliphatic carbocycles. The van der Waals surface area contributed by atoms with Crippen LogP contribution < -0.4 is 4.80 Å². The second kappa shape index (κ2) is 11.6. The first kappa shape index (κ1) is 26.3. The van der Waals surface area contributed by atoms with Gasteiger partial charge in [-0.05, 0) is 42.5 Å². The molecule has 9 heteroatoms. The van der Waals surface area contributed by atoms with Crippen LogP contribution in [0.1, 0.15) is 20.3 Å². The summed E-state index contributed by atoms with van der Waals surface area (Å²) < 4.78 is 36.6. The van der Waals surface area contributed by atoms with Crippen molar-refractivity contribution >= 4 is 27.0 Å². The van der Waals surface area contributed by atoms with E-state index in [4.69, 9.17) is 9.73 Å². The molecule has 0 spiro atoms. The van der Waals surface area contributed by atoms with Crippen molar-refractivity contribution in [3.63, 3.8) is 0 Å². The van der Waals surface area contributed by atoms with Crippen LogP contribution in [0.2, 0.25) is 0 Å². The highest BCUT2D eigenvalue weighted by Gasteiger charge is 2.32. The summed E-state index contributed by atoms with van der Waals surface area (Å²) in [5.41, 5.74) is 2.79. The number of benzene rings is 2. The Balaban J connectivity index is 1.49. The highest BCUT2D eigenvalue weighted by atomic mass is 32.2. The minimum Gasteiger partial charge on any atom is -0.379 e. The van der Waals surface area contributed by atoms with E-state index in [-0.39, 0.29) is 0 Å². The van der Waals surface area contributed by atoms with Crippen LogP contribution in [0.25, 0.3) is 11.3 Å². The number of aromatic nitrogens is 1. The molecule has 2 fully saturated rings. The lowest BCUT2D eigenvalue weighted by atomic mass is 9.94. The summed E-state index contributed by atoms with van der Waals surface area (Å²) >= 11 is 1.59. The molecule has 2 atom stereocenters. The summed E-state index contributed by atoms with van der Waals surface area (Å²) in [6.45, 7) is 10.4. The highest BCUT2D eigenvalue weighted by Crippen LogP contribution is 2.29. The lowest BCUT2D eigenvalue weighted by Crippen LogP contribution is -2.42. The fourth-order valence-electron chi connectivity index (χ4n) is 5.31. The molecule has 5 rings (SSSR count). The van der Waals surface area contributed by atoms with E-state index in [0.717, 1.165) is 67.6 Å². The molecule has 0 radical (unpaired) electrons. The van der Waals surface area contributed by atoms with Gasteiger partial charge in [0.2, 0.25) is 10.0 Å². The van der Waals surface area contributed by atoms with E-state index in [9.17, 15) is 8.42 Å². The zero-order valence-electron chi connectivity index (χ0n) is 21.6. The standard InChI is InChI=1S/C28H36N4O3S2/c1-22-17-23(2)20-31(19-22)37(33,34)26-10-6-7-24(18-26)27-21-36-28(29-25-8-4-3-5-9-25)32(27)12-11-30-13-15-35-16-14-30/h3-10,18,21-23H,11-17,19-20H2,1-2H3/t22-,23+. The molecule has 0 saturated carbocycles. The Labute approximate surface area is 224 Å². The van der Waals surface area contributed by atoms with E-state index in [1.165, 1.54) is 0 Å². The Hall–Kier alpha value is -2.30. The van der Waals surface area contributed by atoms with Gasteiger partial charge in [-0.15, -0.1) is 11.3 Å². The summed E-state index contributed by atoms with van der Waals surface area (Å²) in [6.07, 6.45) is 1.07. The number of para-hydroxylation sites is 1. The maximum Gasteiger partial charge on any atom is 0.243 e. The third kappa shape index (κ3) is 6.23. The van der Waals surface area contributed by atoms with Gasteiger partial charge >= 0.3 is 0 Å². The smallest absolute Gasteiger partial charge is 0.243 e. The van der Waals surface area contributed by atoms with Crippen LogP contribution in [-0.2, 0) is 21.3 Å². The first-order chi connectivity index (χ1) is 17.9. The van der Waals surface area contributed by atoms with E-state index in [1.54, 1.807) is 21.7 Å². The molecule has 2 saturated heterocycles. The van der Waals surface area contributed by atoms with Crippen molar-refractivity contribution < 1.29 is 13.2 Å². The molecule has 2 aromatic carbocycles. The summed E-state index contributed by atoms with van der Waals surface area (Å²) in [4.78, 5) is 8.59. The predicted octanol–water partition coefficient (Wildman–Crippen LogP) is 4.45. The summed E-state index contributed by atoms with van der Waals surface area (Å²) in [7, 11) is -3.56. The van der Waals surface area contributed by atoms with E-state index >= 15 is 0 Å². The van der Waals surface area contributed by atoms with Gasteiger partial charge in [-0.25, -0.2) is 13.4 Å². The maximum atomic E-state index is 13.6. The zero-order valence-corrected chi connectivity index (χ0v) is 23.3. The third-order valence-corrected chi connectivity index (χ3v) is 9.82. The number of sulfonamides is 1. The molecule has 198 valence electrons. The summed E-state index contributed by atoms with van der Waals surface area (Å²) in [5, 5.41) is 2.10. The molecule has 37 heavy (non-hydrogen) atoms. The van der Waals surface area contributed by atoms with Crippen molar-refractivity contribution in [2.24, 2.45) is 16.8 Å². The van der Waals surface area contributed by atoms with Crippen molar-refractivity contribution in [2.75, 3.05) is 45.9 Å². The second-order valence-corrected chi connectivity index (χ2v) is 13.0. The number of morpholine rings is 1. The normalized spacial score (nSPS) is 22.4. The third-order valence-electron chi connectivity index (χ3n) is 7.13. The van der Waals surface area contributed by atoms with Gasteiger partial charge in [0.15, 0.2) is 4.80 Å². The molecule has 2 aliphatic heterocycles. The van der Waals surface area contributed by atoms with Crippen molar-refractivity contribution in [2.45, 2.75) is 31.7 Å². The van der Waals surface area contributed by atoms with Gasteiger partial charge < -0.3 is 9.30 Å². The van der Waals surface area contributed by atoms with Crippen LogP contribution in [0.5, 0.6) is 0 Å². The Morgan fingerprint density at radius 2 is 1.70 bits per heavy atom. The average molecular weight is 541 g/mol. The van der Waals surface area contributed by atoms with Crippen molar-refractivity contribution in [1.82, 2.24) is 13.8 Å². The molecule has 0 N–H and O–H groups in total. The molecule has 7 nitrogen and oxygen atoms in total. The van der Waals surface area contributed by atoms with Crippen LogP contribution in [0.15, 0.2) is 69.9 Å². The lowest BCUT2D eigenvalue weighted by Gasteiger charge is -2.34. The van der Waals surface area contributed by atoms with Crippen LogP contribution in [0.3, 0.4) is 0 Å².